The molecule has 14 heavy (non-hydrogen) atoms. The molecule has 0 aromatic carbocycles. The first-order valence-electron chi connectivity index (χ1n) is 3.23. The van der Waals surface area contributed by atoms with Gasteiger partial charge < -0.3 is 4.74 Å². The van der Waals surface area contributed by atoms with E-state index in [1.54, 1.807) is 0 Å². The SMILES string of the molecule is N#Cc1cncc(OC(F)(F)F)c1F. The van der Waals surface area contributed by atoms with E-state index < -0.39 is 23.5 Å². The van der Waals surface area contributed by atoms with Crippen molar-refractivity contribution >= 4 is 0 Å². The van der Waals surface area contributed by atoms with E-state index in [2.05, 4.69) is 9.72 Å². The molecule has 0 aliphatic heterocycles. The van der Waals surface area contributed by atoms with Gasteiger partial charge in [0.1, 0.15) is 11.6 Å². The van der Waals surface area contributed by atoms with Crippen molar-refractivity contribution in [2.24, 2.45) is 0 Å². The van der Waals surface area contributed by atoms with E-state index in [9.17, 15) is 17.6 Å². The molecule has 1 heterocycles. The van der Waals surface area contributed by atoms with Crippen LogP contribution in [0.5, 0.6) is 5.75 Å². The van der Waals surface area contributed by atoms with Gasteiger partial charge in [-0.15, -0.1) is 13.2 Å². The Balaban J connectivity index is 3.06. The number of alkyl halides is 3. The molecule has 7 heteroatoms. The van der Waals surface area contributed by atoms with Crippen LogP contribution in [0.4, 0.5) is 17.6 Å². The Morgan fingerprint density at radius 2 is 2.00 bits per heavy atom. The molecule has 0 saturated heterocycles. The van der Waals surface area contributed by atoms with Crippen molar-refractivity contribution in [3.63, 3.8) is 0 Å². The number of halogens is 4. The number of rotatable bonds is 1. The topological polar surface area (TPSA) is 45.9 Å². The highest BCUT2D eigenvalue weighted by Gasteiger charge is 2.33. The quantitative estimate of drug-likeness (QED) is 0.660. The Morgan fingerprint density at radius 3 is 2.50 bits per heavy atom. The zero-order valence-corrected chi connectivity index (χ0v) is 6.47. The summed E-state index contributed by atoms with van der Waals surface area (Å²) in [6, 6.07) is 1.34. The maximum absolute atomic E-state index is 12.9. The fraction of sp³-hybridized carbons (Fsp3) is 0.143. The molecule has 0 unspecified atom stereocenters. The number of aromatic nitrogens is 1. The fourth-order valence-electron chi connectivity index (χ4n) is 0.699. The molecule has 0 amide bonds. The summed E-state index contributed by atoms with van der Waals surface area (Å²) >= 11 is 0. The lowest BCUT2D eigenvalue weighted by atomic mass is 10.3. The van der Waals surface area contributed by atoms with Gasteiger partial charge >= 0.3 is 6.36 Å². The Kier molecular flexibility index (Phi) is 2.56. The van der Waals surface area contributed by atoms with Crippen LogP contribution in [0.1, 0.15) is 5.56 Å². The van der Waals surface area contributed by atoms with Crippen molar-refractivity contribution in [2.75, 3.05) is 0 Å². The number of hydrogen-bond acceptors (Lipinski definition) is 3. The molecule has 0 fully saturated rings. The predicted octanol–water partition coefficient (Wildman–Crippen LogP) is 1.99. The van der Waals surface area contributed by atoms with Crippen LogP contribution in [0, 0.1) is 17.1 Å². The van der Waals surface area contributed by atoms with Gasteiger partial charge in [0.05, 0.1) is 6.20 Å². The first kappa shape index (κ1) is 10.2. The molecule has 0 atom stereocenters. The molecule has 1 rings (SSSR count). The lowest BCUT2D eigenvalue weighted by Crippen LogP contribution is -2.18. The van der Waals surface area contributed by atoms with Crippen molar-refractivity contribution in [1.82, 2.24) is 4.98 Å². The van der Waals surface area contributed by atoms with Crippen LogP contribution in [0.2, 0.25) is 0 Å². The number of hydrogen-bond donors (Lipinski definition) is 0. The zero-order valence-electron chi connectivity index (χ0n) is 6.47. The van der Waals surface area contributed by atoms with Crippen LogP contribution < -0.4 is 4.74 Å². The van der Waals surface area contributed by atoms with Gasteiger partial charge in [-0.3, -0.25) is 4.98 Å². The van der Waals surface area contributed by atoms with Gasteiger partial charge in [0.25, 0.3) is 0 Å². The Morgan fingerprint density at radius 1 is 1.36 bits per heavy atom. The summed E-state index contributed by atoms with van der Waals surface area (Å²) < 4.78 is 51.2. The first-order valence-corrected chi connectivity index (χ1v) is 3.23. The molecule has 3 nitrogen and oxygen atoms in total. The van der Waals surface area contributed by atoms with Gasteiger partial charge in [-0.25, -0.2) is 4.39 Å². The van der Waals surface area contributed by atoms with E-state index in [1.807, 2.05) is 0 Å². The number of pyridine rings is 1. The minimum absolute atomic E-state index is 0.545. The molecular weight excluding hydrogens is 204 g/mol. The van der Waals surface area contributed by atoms with Crippen LogP contribution in [0.25, 0.3) is 0 Å². The second-order valence-electron chi connectivity index (χ2n) is 2.16. The van der Waals surface area contributed by atoms with Crippen molar-refractivity contribution < 1.29 is 22.3 Å². The van der Waals surface area contributed by atoms with E-state index >= 15 is 0 Å². The standard InChI is InChI=1S/C7H2F4N2O/c8-6-4(1-12)2-13-3-5(6)14-7(9,10)11/h2-3H. The average molecular weight is 206 g/mol. The molecule has 0 N–H and O–H groups in total. The third-order valence-electron chi connectivity index (χ3n) is 1.19. The summed E-state index contributed by atoms with van der Waals surface area (Å²) in [5.74, 6) is -2.49. The second-order valence-corrected chi connectivity index (χ2v) is 2.16. The molecule has 1 aromatic heterocycles. The number of nitriles is 1. The summed E-state index contributed by atoms with van der Waals surface area (Å²) in [6.45, 7) is 0. The normalized spacial score (nSPS) is 10.8. The molecule has 1 aromatic rings. The summed E-state index contributed by atoms with van der Waals surface area (Å²) in [5.41, 5.74) is -0.605. The van der Waals surface area contributed by atoms with Crippen LogP contribution in [-0.2, 0) is 0 Å². The van der Waals surface area contributed by atoms with Crippen LogP contribution in [0.15, 0.2) is 12.4 Å². The molecule has 0 bridgehead atoms. The highest BCUT2D eigenvalue weighted by atomic mass is 19.4. The minimum Gasteiger partial charge on any atom is -0.401 e. The van der Waals surface area contributed by atoms with E-state index in [0.717, 1.165) is 6.20 Å². The van der Waals surface area contributed by atoms with Gasteiger partial charge in [0.2, 0.25) is 0 Å². The predicted molar refractivity (Wildman–Crippen MR) is 35.6 cm³/mol. The first-order chi connectivity index (χ1) is 6.44. The molecule has 74 valence electrons. The number of nitrogens with zero attached hydrogens (tertiary/aromatic N) is 2. The monoisotopic (exact) mass is 206 g/mol. The Labute approximate surface area is 75.5 Å². The molecule has 0 aliphatic carbocycles. The average Bonchev–Trinajstić information content (AvgIpc) is 2.06. The molecule has 0 saturated carbocycles. The van der Waals surface area contributed by atoms with Crippen LogP contribution in [-0.4, -0.2) is 11.3 Å². The van der Waals surface area contributed by atoms with Gasteiger partial charge in [-0.1, -0.05) is 0 Å². The summed E-state index contributed by atoms with van der Waals surface area (Å²) in [6.07, 6.45) is -3.65. The third-order valence-corrected chi connectivity index (χ3v) is 1.19. The largest absolute Gasteiger partial charge is 0.573 e. The van der Waals surface area contributed by atoms with Crippen molar-refractivity contribution in [2.45, 2.75) is 6.36 Å². The Bertz CT molecular complexity index is 382. The smallest absolute Gasteiger partial charge is 0.401 e. The lowest BCUT2D eigenvalue weighted by molar-refractivity contribution is -0.275. The summed E-state index contributed by atoms with van der Waals surface area (Å²) in [5, 5.41) is 8.27. The highest BCUT2D eigenvalue weighted by molar-refractivity contribution is 5.34. The van der Waals surface area contributed by atoms with Gasteiger partial charge in [-0.2, -0.15) is 5.26 Å². The van der Waals surface area contributed by atoms with E-state index in [-0.39, 0.29) is 0 Å². The van der Waals surface area contributed by atoms with Gasteiger partial charge in [0, 0.05) is 6.20 Å². The van der Waals surface area contributed by atoms with Crippen molar-refractivity contribution in [1.29, 1.82) is 5.26 Å². The molecular formula is C7H2F4N2O. The fourth-order valence-corrected chi connectivity index (χ4v) is 0.699. The van der Waals surface area contributed by atoms with Crippen LogP contribution >= 0.6 is 0 Å². The second kappa shape index (κ2) is 3.49. The highest BCUT2D eigenvalue weighted by Crippen LogP contribution is 2.25. The summed E-state index contributed by atoms with van der Waals surface area (Å²) in [7, 11) is 0. The third kappa shape index (κ3) is 2.32. The minimum atomic E-state index is -5.00. The van der Waals surface area contributed by atoms with Crippen molar-refractivity contribution in [3.05, 3.63) is 23.8 Å². The van der Waals surface area contributed by atoms with Crippen molar-refractivity contribution in [3.8, 4) is 11.8 Å². The van der Waals surface area contributed by atoms with E-state index in [4.69, 9.17) is 5.26 Å². The van der Waals surface area contributed by atoms with E-state index in [1.165, 1.54) is 6.07 Å². The molecule has 0 spiro atoms. The summed E-state index contributed by atoms with van der Waals surface area (Å²) in [4.78, 5) is 3.21. The number of ether oxygens (including phenoxy) is 1. The van der Waals surface area contributed by atoms with Crippen LogP contribution in [0.3, 0.4) is 0 Å². The zero-order chi connectivity index (χ0) is 10.8. The lowest BCUT2D eigenvalue weighted by Gasteiger charge is -2.08. The maximum atomic E-state index is 12.9. The molecule has 0 aliphatic rings. The van der Waals surface area contributed by atoms with Gasteiger partial charge in [-0.05, 0) is 0 Å². The van der Waals surface area contributed by atoms with Gasteiger partial charge in [0.15, 0.2) is 11.6 Å². The molecule has 0 radical (unpaired) electrons. The Hall–Kier alpha value is -1.84. The maximum Gasteiger partial charge on any atom is 0.573 e. The van der Waals surface area contributed by atoms with E-state index in [0.29, 0.717) is 6.20 Å².